The Bertz CT molecular complexity index is 1550. The van der Waals surface area contributed by atoms with Gasteiger partial charge in [-0.05, 0) is 61.5 Å². The van der Waals surface area contributed by atoms with Gasteiger partial charge in [0.25, 0.3) is 0 Å². The molecular weight excluding hydrogens is 688 g/mol. The second-order valence-electron chi connectivity index (χ2n) is 16.4. The third-order valence-corrected chi connectivity index (χ3v) is 12.7. The summed E-state index contributed by atoms with van der Waals surface area (Å²) in [6.45, 7) is 15.5. The summed E-state index contributed by atoms with van der Waals surface area (Å²) < 4.78 is 12.1. The fourth-order valence-corrected chi connectivity index (χ4v) is 9.75. The molecule has 1 saturated carbocycles. The molecule has 3 N–H and O–H groups in total. The third-order valence-electron chi connectivity index (χ3n) is 12.4. The molecule has 12 nitrogen and oxygen atoms in total. The fraction of sp³-hybridized carbons (Fsp3) is 0.718. The maximum absolute atomic E-state index is 14.2. The van der Waals surface area contributed by atoms with Gasteiger partial charge in [0, 0.05) is 71.0 Å². The molecule has 13 heteroatoms. The van der Waals surface area contributed by atoms with Gasteiger partial charge in [-0.25, -0.2) is 0 Å². The summed E-state index contributed by atoms with van der Waals surface area (Å²) in [6.07, 6.45) is 1.97. The molecule has 5 aliphatic rings. The lowest BCUT2D eigenvalue weighted by molar-refractivity contribution is -0.225. The molecule has 0 spiro atoms. The van der Waals surface area contributed by atoms with Crippen molar-refractivity contribution in [3.8, 4) is 0 Å². The van der Waals surface area contributed by atoms with Crippen LogP contribution in [-0.4, -0.2) is 108 Å². The zero-order valence-corrected chi connectivity index (χ0v) is 32.4. The zero-order valence-electron chi connectivity index (χ0n) is 31.6. The number of ether oxygens (including phenoxy) is 2. The molecule has 1 aromatic carbocycles. The molecular formula is C39H57ClN4O8. The van der Waals surface area contributed by atoms with E-state index in [4.69, 9.17) is 25.9 Å². The molecule has 3 heterocycles. The summed E-state index contributed by atoms with van der Waals surface area (Å²) in [5.74, 6) is -0.856. The number of carbonyl (C=O) groups is 3. The molecule has 0 radical (unpaired) electrons. The number of para-hydroxylation sites is 1. The SMILES string of the molecule is CC(=O)O[C@@H]1C(C)=C[C@@H]2[C@H](C(C)CN3CCN(C(=O)CCC(C)C)CC3)CC[C@@H](C)[C@]2(O)[C@H]1OC(=O)[C@@H]1C[C@@]2(O)c3cccc(Cl)c3N(C)O[C@H]2N1. The van der Waals surface area contributed by atoms with Gasteiger partial charge < -0.3 is 24.6 Å². The van der Waals surface area contributed by atoms with Crippen LogP contribution in [0, 0.1) is 29.6 Å². The highest BCUT2D eigenvalue weighted by molar-refractivity contribution is 6.33. The molecule has 3 aliphatic heterocycles. The Balaban J connectivity index is 1.20. The van der Waals surface area contributed by atoms with E-state index in [9.17, 15) is 24.6 Å². The van der Waals surface area contributed by atoms with Crippen molar-refractivity contribution in [3.05, 3.63) is 40.4 Å². The highest BCUT2D eigenvalue weighted by Crippen LogP contribution is 2.53. The van der Waals surface area contributed by atoms with Gasteiger partial charge in [0.1, 0.15) is 17.2 Å². The summed E-state index contributed by atoms with van der Waals surface area (Å²) in [5, 5.41) is 29.8. The number of fused-ring (bicyclic) bond motifs is 4. The molecule has 52 heavy (non-hydrogen) atoms. The predicted molar refractivity (Wildman–Crippen MR) is 196 cm³/mol. The van der Waals surface area contributed by atoms with Gasteiger partial charge in [-0.15, -0.1) is 0 Å². The van der Waals surface area contributed by atoms with Crippen molar-refractivity contribution < 1.29 is 38.9 Å². The lowest BCUT2D eigenvalue weighted by Gasteiger charge is -2.56. The largest absolute Gasteiger partial charge is 0.454 e. The Morgan fingerprint density at radius 2 is 1.81 bits per heavy atom. The van der Waals surface area contributed by atoms with E-state index in [0.717, 1.165) is 38.0 Å². The van der Waals surface area contributed by atoms with Crippen LogP contribution >= 0.6 is 11.6 Å². The Kier molecular flexibility index (Phi) is 11.4. The maximum Gasteiger partial charge on any atom is 0.323 e. The summed E-state index contributed by atoms with van der Waals surface area (Å²) in [5.41, 5.74) is -1.31. The van der Waals surface area contributed by atoms with Gasteiger partial charge in [-0.2, -0.15) is 0 Å². The van der Waals surface area contributed by atoms with Crippen LogP contribution in [-0.2, 0) is 34.3 Å². The summed E-state index contributed by atoms with van der Waals surface area (Å²) in [4.78, 5) is 49.7. The second-order valence-corrected chi connectivity index (χ2v) is 16.8. The number of piperazine rings is 1. The third kappa shape index (κ3) is 7.23. The first-order valence-corrected chi connectivity index (χ1v) is 19.4. The van der Waals surface area contributed by atoms with Gasteiger partial charge in [-0.3, -0.25) is 34.5 Å². The van der Waals surface area contributed by atoms with Crippen molar-refractivity contribution in [2.24, 2.45) is 29.6 Å². The van der Waals surface area contributed by atoms with Crippen molar-refractivity contribution in [1.82, 2.24) is 15.1 Å². The number of nitrogens with zero attached hydrogens (tertiary/aromatic N) is 3. The monoisotopic (exact) mass is 744 g/mol. The van der Waals surface area contributed by atoms with Crippen LogP contribution in [0.1, 0.15) is 79.2 Å². The highest BCUT2D eigenvalue weighted by Gasteiger charge is 2.62. The minimum absolute atomic E-state index is 0.0505. The normalized spacial score (nSPS) is 35.3. The number of anilines is 1. The first kappa shape index (κ1) is 39.0. The number of benzene rings is 1. The smallest absolute Gasteiger partial charge is 0.323 e. The zero-order chi connectivity index (χ0) is 37.7. The molecule has 0 bridgehead atoms. The topological polar surface area (TPSA) is 141 Å². The number of halogens is 1. The number of hydrogen-bond acceptors (Lipinski definition) is 11. The lowest BCUT2D eigenvalue weighted by Crippen LogP contribution is -2.66. The number of carbonyl (C=O) groups excluding carboxylic acids is 3. The van der Waals surface area contributed by atoms with Crippen LogP contribution in [0.25, 0.3) is 0 Å². The van der Waals surface area contributed by atoms with Crippen LogP contribution < -0.4 is 10.4 Å². The maximum atomic E-state index is 14.2. The summed E-state index contributed by atoms with van der Waals surface area (Å²) >= 11 is 6.47. The molecule has 1 unspecified atom stereocenters. The summed E-state index contributed by atoms with van der Waals surface area (Å²) in [6, 6.07) is 4.24. The van der Waals surface area contributed by atoms with E-state index in [1.807, 2.05) is 24.8 Å². The number of hydroxylamine groups is 1. The van der Waals surface area contributed by atoms with Crippen molar-refractivity contribution in [3.63, 3.8) is 0 Å². The highest BCUT2D eigenvalue weighted by atomic mass is 35.5. The predicted octanol–water partition coefficient (Wildman–Crippen LogP) is 4.01. The van der Waals surface area contributed by atoms with Crippen molar-refractivity contribution in [2.75, 3.05) is 44.8 Å². The Morgan fingerprint density at radius 3 is 2.48 bits per heavy atom. The number of aliphatic hydroxyl groups is 2. The van der Waals surface area contributed by atoms with Crippen LogP contribution in [0.4, 0.5) is 5.69 Å². The number of nitrogens with one attached hydrogen (secondary N) is 1. The Labute approximate surface area is 312 Å². The van der Waals surface area contributed by atoms with Gasteiger partial charge in [0.05, 0.1) is 10.7 Å². The number of esters is 2. The lowest BCUT2D eigenvalue weighted by atomic mass is 9.55. The van der Waals surface area contributed by atoms with E-state index in [1.165, 1.54) is 12.0 Å². The fourth-order valence-electron chi connectivity index (χ4n) is 9.45. The van der Waals surface area contributed by atoms with Gasteiger partial charge in [-0.1, -0.05) is 57.5 Å². The molecule has 0 aromatic heterocycles. The standard InChI is InChI=1S/C39H57ClN4O8/c1-22(2)11-14-32(46)44-17-15-43(16-18-44)21-24(4)27-13-12-25(5)39(49)29(27)19-23(3)34(50-26(6)45)35(39)51-36(47)31-20-38(48)28-9-8-10-30(40)33(28)42(7)52-37(38)41-31/h8-10,19,22,24-25,27,29,31,34-35,37,41,48-49H,11-18,20-21H2,1-7H3/t24?,25-,27+,29-,31+,34-,35+,37-,38-,39-/m1/s1. The van der Waals surface area contributed by atoms with E-state index >= 15 is 0 Å². The second kappa shape index (κ2) is 15.2. The van der Waals surface area contributed by atoms with Crippen molar-refractivity contribution in [2.45, 2.75) is 109 Å². The Hall–Kier alpha value is -2.74. The number of amides is 1. The molecule has 288 valence electrons. The van der Waals surface area contributed by atoms with Crippen LogP contribution in [0.5, 0.6) is 0 Å². The van der Waals surface area contributed by atoms with Crippen LogP contribution in [0.3, 0.4) is 0 Å². The van der Waals surface area contributed by atoms with E-state index in [1.54, 1.807) is 25.2 Å². The minimum Gasteiger partial charge on any atom is -0.454 e. The summed E-state index contributed by atoms with van der Waals surface area (Å²) in [7, 11) is 1.69. The molecule has 1 amide bonds. The average Bonchev–Trinajstić information content (AvgIpc) is 3.44. The minimum atomic E-state index is -1.57. The van der Waals surface area contributed by atoms with E-state index < -0.39 is 47.6 Å². The molecule has 1 aromatic rings. The number of rotatable bonds is 9. The van der Waals surface area contributed by atoms with Crippen molar-refractivity contribution >= 4 is 35.1 Å². The van der Waals surface area contributed by atoms with Gasteiger partial charge in [0.15, 0.2) is 18.4 Å². The molecule has 2 saturated heterocycles. The molecule has 3 fully saturated rings. The quantitative estimate of drug-likeness (QED) is 0.250. The Morgan fingerprint density at radius 1 is 1.10 bits per heavy atom. The van der Waals surface area contributed by atoms with Gasteiger partial charge in [0.2, 0.25) is 5.91 Å². The molecule has 10 atom stereocenters. The van der Waals surface area contributed by atoms with Crippen molar-refractivity contribution in [1.29, 1.82) is 0 Å². The molecule has 2 aliphatic carbocycles. The van der Waals surface area contributed by atoms with E-state index in [2.05, 4.69) is 31.0 Å². The number of hydrogen-bond donors (Lipinski definition) is 3. The first-order chi connectivity index (χ1) is 24.5. The van der Waals surface area contributed by atoms with Crippen LogP contribution in [0.15, 0.2) is 29.8 Å². The molecule has 6 rings (SSSR count). The average molecular weight is 745 g/mol. The van der Waals surface area contributed by atoms with Crippen LogP contribution in [0.2, 0.25) is 5.02 Å². The van der Waals surface area contributed by atoms with Gasteiger partial charge >= 0.3 is 11.9 Å². The first-order valence-electron chi connectivity index (χ1n) is 19.0. The van der Waals surface area contributed by atoms with E-state index in [-0.39, 0.29) is 36.0 Å². The van der Waals surface area contributed by atoms with E-state index in [0.29, 0.717) is 48.1 Å².